The first-order chi connectivity index (χ1) is 6.65. The van der Waals surface area contributed by atoms with Crippen molar-refractivity contribution in [3.63, 3.8) is 0 Å². The molecule has 0 aliphatic carbocycles. The highest BCUT2D eigenvalue weighted by molar-refractivity contribution is 5.09. The summed E-state index contributed by atoms with van der Waals surface area (Å²) in [6.07, 6.45) is 1.24. The van der Waals surface area contributed by atoms with E-state index in [1.54, 1.807) is 6.07 Å². The first-order valence-electron chi connectivity index (χ1n) is 4.67. The summed E-state index contributed by atoms with van der Waals surface area (Å²) in [6, 6.07) is 3.29. The third-order valence-corrected chi connectivity index (χ3v) is 2.32. The molecule has 3 nitrogen and oxygen atoms in total. The fourth-order valence-corrected chi connectivity index (χ4v) is 1.26. The van der Waals surface area contributed by atoms with Gasteiger partial charge in [0, 0.05) is 19.1 Å². The van der Waals surface area contributed by atoms with Crippen molar-refractivity contribution in [1.82, 2.24) is 9.88 Å². The molecule has 1 unspecified atom stereocenters. The van der Waals surface area contributed by atoms with E-state index in [0.717, 1.165) is 12.2 Å². The zero-order valence-corrected chi connectivity index (χ0v) is 8.57. The molecule has 0 aromatic carbocycles. The van der Waals surface area contributed by atoms with Crippen LogP contribution in [0.15, 0.2) is 18.3 Å². The van der Waals surface area contributed by atoms with Gasteiger partial charge in [-0.3, -0.25) is 9.88 Å². The second-order valence-electron chi connectivity index (χ2n) is 3.35. The average molecular weight is 197 g/mol. The molecule has 0 amide bonds. The number of aromatic nitrogens is 1. The summed E-state index contributed by atoms with van der Waals surface area (Å²) in [4.78, 5) is 6.11. The summed E-state index contributed by atoms with van der Waals surface area (Å²) in [6.45, 7) is 3.44. The Labute approximate surface area is 83.7 Å². The first-order valence-corrected chi connectivity index (χ1v) is 4.67. The number of nitrogens with two attached hydrogens (primary N) is 1. The van der Waals surface area contributed by atoms with Crippen LogP contribution in [0.1, 0.15) is 18.7 Å². The lowest BCUT2D eigenvalue weighted by molar-refractivity contribution is 0.264. The Bertz CT molecular complexity index is 273. The zero-order chi connectivity index (χ0) is 10.6. The Balaban J connectivity index is 2.68. The van der Waals surface area contributed by atoms with Crippen LogP contribution in [0.3, 0.4) is 0 Å². The molecule has 14 heavy (non-hydrogen) atoms. The molecule has 1 atom stereocenters. The summed E-state index contributed by atoms with van der Waals surface area (Å²) in [5.41, 5.74) is 6.31. The van der Waals surface area contributed by atoms with Crippen molar-refractivity contribution in [2.45, 2.75) is 13.0 Å². The summed E-state index contributed by atoms with van der Waals surface area (Å²) in [5, 5.41) is 0. The van der Waals surface area contributed by atoms with Gasteiger partial charge in [0.05, 0.1) is 11.9 Å². The van der Waals surface area contributed by atoms with Gasteiger partial charge in [0.25, 0.3) is 0 Å². The third-order valence-electron chi connectivity index (χ3n) is 2.32. The lowest BCUT2D eigenvalue weighted by Gasteiger charge is -2.23. The molecule has 1 aromatic rings. The fourth-order valence-electron chi connectivity index (χ4n) is 1.26. The van der Waals surface area contributed by atoms with E-state index >= 15 is 0 Å². The Hall–Kier alpha value is -1.00. The van der Waals surface area contributed by atoms with E-state index in [2.05, 4.69) is 9.88 Å². The van der Waals surface area contributed by atoms with E-state index in [9.17, 15) is 4.39 Å². The predicted molar refractivity (Wildman–Crippen MR) is 54.3 cm³/mol. The van der Waals surface area contributed by atoms with Crippen LogP contribution in [0.5, 0.6) is 0 Å². The van der Waals surface area contributed by atoms with Gasteiger partial charge in [-0.25, -0.2) is 4.39 Å². The number of halogens is 1. The molecule has 1 rings (SSSR count). The van der Waals surface area contributed by atoms with E-state index in [-0.39, 0.29) is 11.9 Å². The quantitative estimate of drug-likeness (QED) is 0.788. The van der Waals surface area contributed by atoms with Crippen LogP contribution in [0, 0.1) is 5.82 Å². The minimum atomic E-state index is -0.303. The van der Waals surface area contributed by atoms with Crippen molar-refractivity contribution in [3.05, 3.63) is 29.8 Å². The second kappa shape index (κ2) is 5.02. The molecule has 0 saturated heterocycles. The van der Waals surface area contributed by atoms with Crippen molar-refractivity contribution in [3.8, 4) is 0 Å². The van der Waals surface area contributed by atoms with Crippen LogP contribution in [0.25, 0.3) is 0 Å². The minimum absolute atomic E-state index is 0.166. The van der Waals surface area contributed by atoms with Gasteiger partial charge in [-0.2, -0.15) is 0 Å². The summed E-state index contributed by atoms with van der Waals surface area (Å²) in [7, 11) is 1.97. The van der Waals surface area contributed by atoms with Crippen LogP contribution in [-0.4, -0.2) is 30.0 Å². The molecule has 1 heterocycles. The van der Waals surface area contributed by atoms with E-state index in [1.165, 1.54) is 12.3 Å². The van der Waals surface area contributed by atoms with Crippen LogP contribution >= 0.6 is 0 Å². The van der Waals surface area contributed by atoms with Crippen LogP contribution in [0.2, 0.25) is 0 Å². The highest BCUT2D eigenvalue weighted by Crippen LogP contribution is 2.15. The standard InChI is InChI=1S/C10H16FN3/c1-8(14(2)6-5-12)10-4-3-9(11)7-13-10/h3-4,7-8H,5-6,12H2,1-2H3. The third kappa shape index (κ3) is 2.75. The highest BCUT2D eigenvalue weighted by Gasteiger charge is 2.11. The van der Waals surface area contributed by atoms with E-state index in [4.69, 9.17) is 5.73 Å². The predicted octanol–water partition coefficient (Wildman–Crippen LogP) is 1.17. The van der Waals surface area contributed by atoms with Crippen molar-refractivity contribution in [2.75, 3.05) is 20.1 Å². The van der Waals surface area contributed by atoms with E-state index in [1.807, 2.05) is 14.0 Å². The second-order valence-corrected chi connectivity index (χ2v) is 3.35. The molecule has 0 saturated carbocycles. The highest BCUT2D eigenvalue weighted by atomic mass is 19.1. The van der Waals surface area contributed by atoms with E-state index < -0.39 is 0 Å². The lowest BCUT2D eigenvalue weighted by atomic mass is 10.2. The van der Waals surface area contributed by atoms with Crippen molar-refractivity contribution < 1.29 is 4.39 Å². The van der Waals surface area contributed by atoms with Crippen molar-refractivity contribution in [1.29, 1.82) is 0 Å². The molecule has 0 aliphatic heterocycles. The maximum absolute atomic E-state index is 12.6. The normalized spacial score (nSPS) is 13.2. The monoisotopic (exact) mass is 197 g/mol. The van der Waals surface area contributed by atoms with Gasteiger partial charge in [0.15, 0.2) is 0 Å². The van der Waals surface area contributed by atoms with Gasteiger partial charge in [-0.1, -0.05) is 0 Å². The molecule has 1 aromatic heterocycles. The van der Waals surface area contributed by atoms with Gasteiger partial charge in [-0.05, 0) is 26.1 Å². The fraction of sp³-hybridized carbons (Fsp3) is 0.500. The smallest absolute Gasteiger partial charge is 0.141 e. The van der Waals surface area contributed by atoms with Gasteiger partial charge in [0.1, 0.15) is 5.82 Å². The number of hydrogen-bond acceptors (Lipinski definition) is 3. The van der Waals surface area contributed by atoms with Crippen LogP contribution < -0.4 is 5.73 Å². The maximum atomic E-state index is 12.6. The number of hydrogen-bond donors (Lipinski definition) is 1. The van der Waals surface area contributed by atoms with Gasteiger partial charge in [0.2, 0.25) is 0 Å². The van der Waals surface area contributed by atoms with Crippen LogP contribution in [0.4, 0.5) is 4.39 Å². The topological polar surface area (TPSA) is 42.2 Å². The van der Waals surface area contributed by atoms with Crippen LogP contribution in [-0.2, 0) is 0 Å². The molecular weight excluding hydrogens is 181 g/mol. The Morgan fingerprint density at radius 2 is 2.29 bits per heavy atom. The minimum Gasteiger partial charge on any atom is -0.329 e. The molecule has 4 heteroatoms. The molecule has 0 aliphatic rings. The lowest BCUT2D eigenvalue weighted by Crippen LogP contribution is -2.28. The van der Waals surface area contributed by atoms with Gasteiger partial charge in [-0.15, -0.1) is 0 Å². The number of nitrogens with zero attached hydrogens (tertiary/aromatic N) is 2. The van der Waals surface area contributed by atoms with Crippen molar-refractivity contribution >= 4 is 0 Å². The summed E-state index contributed by atoms with van der Waals surface area (Å²) >= 11 is 0. The maximum Gasteiger partial charge on any atom is 0.141 e. The number of rotatable bonds is 4. The first kappa shape index (κ1) is 11.1. The molecular formula is C10H16FN3. The molecule has 2 N–H and O–H groups in total. The summed E-state index contributed by atoms with van der Waals surface area (Å²) in [5.74, 6) is -0.303. The molecule has 0 spiro atoms. The average Bonchev–Trinajstić information content (AvgIpc) is 2.18. The number of likely N-dealkylation sites (N-methyl/N-ethyl adjacent to an activating group) is 1. The largest absolute Gasteiger partial charge is 0.329 e. The molecule has 0 radical (unpaired) electrons. The molecule has 0 fully saturated rings. The SMILES string of the molecule is CC(c1ccc(F)cn1)N(C)CCN. The van der Waals surface area contributed by atoms with E-state index in [0.29, 0.717) is 6.54 Å². The zero-order valence-electron chi connectivity index (χ0n) is 8.57. The Morgan fingerprint density at radius 1 is 1.57 bits per heavy atom. The molecule has 0 bridgehead atoms. The Morgan fingerprint density at radius 3 is 2.79 bits per heavy atom. The summed E-state index contributed by atoms with van der Waals surface area (Å²) < 4.78 is 12.6. The van der Waals surface area contributed by atoms with Crippen molar-refractivity contribution in [2.24, 2.45) is 5.73 Å². The number of pyridine rings is 1. The van der Waals surface area contributed by atoms with Gasteiger partial charge < -0.3 is 5.73 Å². The van der Waals surface area contributed by atoms with Gasteiger partial charge >= 0.3 is 0 Å². The molecule has 78 valence electrons. The Kier molecular flexibility index (Phi) is 3.98.